The minimum absolute atomic E-state index is 0.0218. The minimum atomic E-state index is -3.26. The Kier molecular flexibility index (Phi) is 5.78. The molecule has 0 saturated heterocycles. The maximum Gasteiger partial charge on any atom is 0.216 e. The third kappa shape index (κ3) is 4.35. The van der Waals surface area contributed by atoms with Crippen LogP contribution in [-0.2, 0) is 21.2 Å². The van der Waals surface area contributed by atoms with Crippen molar-refractivity contribution in [3.8, 4) is 0 Å². The van der Waals surface area contributed by atoms with Crippen LogP contribution < -0.4 is 0 Å². The van der Waals surface area contributed by atoms with Gasteiger partial charge < -0.3 is 4.74 Å². The first-order valence-corrected chi connectivity index (χ1v) is 8.41. The second-order valence-electron chi connectivity index (χ2n) is 4.53. The average molecular weight is 291 g/mol. The van der Waals surface area contributed by atoms with E-state index in [1.807, 2.05) is 18.4 Å². The lowest BCUT2D eigenvalue weighted by molar-refractivity contribution is 0.135. The van der Waals surface area contributed by atoms with Crippen LogP contribution in [0, 0.1) is 0 Å². The number of nitrogens with zero attached hydrogens (tertiary/aromatic N) is 1. The molecule has 1 aromatic rings. The summed E-state index contributed by atoms with van der Waals surface area (Å²) in [6, 6.07) is 1.98. The fraction of sp³-hybridized carbons (Fsp3) is 0.667. The molecule has 2 atom stereocenters. The number of rotatable bonds is 7. The standard InChI is InChI=1S/C12H21NO3S2/c1-10(7-12-5-6-17-8-12)13(3)18(14,15)9-11(2)16-4/h5-6,8,10-11H,7,9H2,1-4H3. The Morgan fingerprint density at radius 3 is 2.61 bits per heavy atom. The van der Waals surface area contributed by atoms with Crippen molar-refractivity contribution >= 4 is 21.4 Å². The molecule has 1 heterocycles. The first kappa shape index (κ1) is 15.6. The second-order valence-corrected chi connectivity index (χ2v) is 7.38. The lowest BCUT2D eigenvalue weighted by Crippen LogP contribution is -2.40. The molecule has 0 aromatic carbocycles. The Hall–Kier alpha value is -0.430. The number of ether oxygens (including phenoxy) is 1. The molecule has 0 radical (unpaired) electrons. The normalized spacial score (nSPS) is 15.8. The van der Waals surface area contributed by atoms with Crippen LogP contribution in [0.2, 0.25) is 0 Å². The number of hydrogen-bond donors (Lipinski definition) is 0. The molecule has 4 nitrogen and oxygen atoms in total. The smallest absolute Gasteiger partial charge is 0.216 e. The Morgan fingerprint density at radius 1 is 1.44 bits per heavy atom. The van der Waals surface area contributed by atoms with Gasteiger partial charge in [-0.1, -0.05) is 0 Å². The molecule has 6 heteroatoms. The molecule has 0 bridgehead atoms. The van der Waals surface area contributed by atoms with Crippen molar-refractivity contribution in [1.82, 2.24) is 4.31 Å². The van der Waals surface area contributed by atoms with E-state index >= 15 is 0 Å². The first-order valence-electron chi connectivity index (χ1n) is 5.86. The number of likely N-dealkylation sites (N-methyl/N-ethyl adjacent to an activating group) is 1. The van der Waals surface area contributed by atoms with Crippen molar-refractivity contribution in [1.29, 1.82) is 0 Å². The maximum atomic E-state index is 12.1. The lowest BCUT2D eigenvalue weighted by Gasteiger charge is -2.25. The highest BCUT2D eigenvalue weighted by atomic mass is 32.2. The summed E-state index contributed by atoms with van der Waals surface area (Å²) in [5.41, 5.74) is 1.18. The molecule has 1 rings (SSSR count). The molecule has 0 aliphatic heterocycles. The molecule has 0 aliphatic carbocycles. The molecule has 0 spiro atoms. The van der Waals surface area contributed by atoms with E-state index in [1.165, 1.54) is 17.0 Å². The van der Waals surface area contributed by atoms with E-state index in [2.05, 4.69) is 5.38 Å². The predicted molar refractivity (Wildman–Crippen MR) is 75.5 cm³/mol. The van der Waals surface area contributed by atoms with Crippen LogP contribution in [0.3, 0.4) is 0 Å². The Labute approximate surface area is 114 Å². The molecule has 0 aliphatic rings. The van der Waals surface area contributed by atoms with E-state index in [1.54, 1.807) is 25.3 Å². The van der Waals surface area contributed by atoms with Gasteiger partial charge in [0.1, 0.15) is 0 Å². The summed E-state index contributed by atoms with van der Waals surface area (Å²) in [5, 5.41) is 4.05. The molecule has 18 heavy (non-hydrogen) atoms. The van der Waals surface area contributed by atoms with Crippen molar-refractivity contribution in [3.05, 3.63) is 22.4 Å². The largest absolute Gasteiger partial charge is 0.381 e. The zero-order valence-electron chi connectivity index (χ0n) is 11.3. The van der Waals surface area contributed by atoms with Crippen LogP contribution in [-0.4, -0.2) is 44.8 Å². The van der Waals surface area contributed by atoms with Crippen molar-refractivity contribution in [2.75, 3.05) is 19.9 Å². The van der Waals surface area contributed by atoms with Gasteiger partial charge in [-0.2, -0.15) is 11.3 Å². The first-order chi connectivity index (χ1) is 8.36. The summed E-state index contributed by atoms with van der Waals surface area (Å²) in [6.45, 7) is 3.68. The van der Waals surface area contributed by atoms with Gasteiger partial charge in [0.2, 0.25) is 10.0 Å². The topological polar surface area (TPSA) is 46.6 Å². The molecule has 1 aromatic heterocycles. The molecule has 0 fully saturated rings. The monoisotopic (exact) mass is 291 g/mol. The van der Waals surface area contributed by atoms with Crippen molar-refractivity contribution in [3.63, 3.8) is 0 Å². The van der Waals surface area contributed by atoms with Crippen LogP contribution >= 0.6 is 11.3 Å². The fourth-order valence-electron chi connectivity index (χ4n) is 1.63. The van der Waals surface area contributed by atoms with E-state index in [9.17, 15) is 8.42 Å². The van der Waals surface area contributed by atoms with Crippen LogP contribution in [0.25, 0.3) is 0 Å². The summed E-state index contributed by atoms with van der Waals surface area (Å²) in [5.74, 6) is 0.0218. The zero-order chi connectivity index (χ0) is 13.8. The highest BCUT2D eigenvalue weighted by Gasteiger charge is 2.25. The molecular formula is C12H21NO3S2. The van der Waals surface area contributed by atoms with Gasteiger partial charge in [-0.05, 0) is 42.7 Å². The van der Waals surface area contributed by atoms with Gasteiger partial charge in [-0.3, -0.25) is 0 Å². The Balaban J connectivity index is 2.64. The van der Waals surface area contributed by atoms with E-state index < -0.39 is 10.0 Å². The van der Waals surface area contributed by atoms with Gasteiger partial charge in [0, 0.05) is 20.2 Å². The summed E-state index contributed by atoms with van der Waals surface area (Å²) >= 11 is 1.63. The van der Waals surface area contributed by atoms with Crippen LogP contribution in [0.4, 0.5) is 0 Å². The fourth-order valence-corrected chi connectivity index (χ4v) is 3.90. The minimum Gasteiger partial charge on any atom is -0.381 e. The quantitative estimate of drug-likeness (QED) is 0.771. The Morgan fingerprint density at radius 2 is 2.11 bits per heavy atom. The summed E-state index contributed by atoms with van der Waals surface area (Å²) in [7, 11) is -0.106. The summed E-state index contributed by atoms with van der Waals surface area (Å²) in [4.78, 5) is 0. The maximum absolute atomic E-state index is 12.1. The molecule has 0 N–H and O–H groups in total. The predicted octanol–water partition coefficient (Wildman–Crippen LogP) is 1.98. The number of methoxy groups -OCH3 is 1. The van der Waals surface area contributed by atoms with E-state index in [0.717, 1.165) is 6.42 Å². The van der Waals surface area contributed by atoms with Gasteiger partial charge in [-0.15, -0.1) is 0 Å². The number of sulfonamides is 1. The van der Waals surface area contributed by atoms with E-state index in [-0.39, 0.29) is 17.9 Å². The number of hydrogen-bond acceptors (Lipinski definition) is 4. The average Bonchev–Trinajstić information content (AvgIpc) is 2.79. The van der Waals surface area contributed by atoms with Crippen LogP contribution in [0.15, 0.2) is 16.8 Å². The van der Waals surface area contributed by atoms with Crippen molar-refractivity contribution < 1.29 is 13.2 Å². The van der Waals surface area contributed by atoms with Crippen molar-refractivity contribution in [2.45, 2.75) is 32.4 Å². The third-order valence-corrected chi connectivity index (χ3v) is 5.88. The third-order valence-electron chi connectivity index (χ3n) is 3.02. The van der Waals surface area contributed by atoms with Crippen LogP contribution in [0.5, 0.6) is 0 Å². The highest BCUT2D eigenvalue weighted by Crippen LogP contribution is 2.14. The lowest BCUT2D eigenvalue weighted by atomic mass is 10.1. The van der Waals surface area contributed by atoms with Crippen LogP contribution in [0.1, 0.15) is 19.4 Å². The Bertz CT molecular complexity index is 442. The van der Waals surface area contributed by atoms with E-state index in [4.69, 9.17) is 4.74 Å². The van der Waals surface area contributed by atoms with Crippen molar-refractivity contribution in [2.24, 2.45) is 0 Å². The number of thiophene rings is 1. The van der Waals surface area contributed by atoms with Gasteiger partial charge in [0.15, 0.2) is 0 Å². The summed E-state index contributed by atoms with van der Waals surface area (Å²) in [6.07, 6.45) is 0.450. The summed E-state index contributed by atoms with van der Waals surface area (Å²) < 4.78 is 30.7. The molecule has 0 amide bonds. The second kappa shape index (κ2) is 6.65. The molecule has 104 valence electrons. The zero-order valence-corrected chi connectivity index (χ0v) is 12.9. The van der Waals surface area contributed by atoms with E-state index in [0.29, 0.717) is 0 Å². The van der Waals surface area contributed by atoms with Gasteiger partial charge in [0.25, 0.3) is 0 Å². The molecule has 0 saturated carbocycles. The molecular weight excluding hydrogens is 270 g/mol. The SMILES string of the molecule is COC(C)CS(=O)(=O)N(C)C(C)Cc1ccsc1. The van der Waals surface area contributed by atoms with Gasteiger partial charge in [0.05, 0.1) is 11.9 Å². The molecule has 2 unspecified atom stereocenters. The highest BCUT2D eigenvalue weighted by molar-refractivity contribution is 7.89. The van der Waals surface area contributed by atoms with Gasteiger partial charge >= 0.3 is 0 Å². The van der Waals surface area contributed by atoms with Gasteiger partial charge in [-0.25, -0.2) is 12.7 Å².